The molecule has 0 aromatic carbocycles. The first-order valence-corrected chi connectivity index (χ1v) is 7.23. The maximum absolute atomic E-state index is 8.99. The topological polar surface area (TPSA) is 61.3 Å². The highest BCUT2D eigenvalue weighted by Gasteiger charge is 2.24. The number of nitrogens with zero attached hydrogens (tertiary/aromatic N) is 3. The number of hydrogen-bond acceptors (Lipinski definition) is 5. The summed E-state index contributed by atoms with van der Waals surface area (Å²) in [5, 5.41) is 12.1. The van der Waals surface area contributed by atoms with E-state index in [0.717, 1.165) is 37.6 Å². The number of rotatable bonds is 8. The average Bonchev–Trinajstić information content (AvgIpc) is 2.36. The van der Waals surface area contributed by atoms with Crippen molar-refractivity contribution in [3.8, 4) is 0 Å². The van der Waals surface area contributed by atoms with Crippen molar-refractivity contribution in [2.24, 2.45) is 0 Å². The van der Waals surface area contributed by atoms with Crippen LogP contribution in [0.4, 0.5) is 5.82 Å². The van der Waals surface area contributed by atoms with Gasteiger partial charge in [-0.15, -0.1) is 0 Å². The molecule has 0 amide bonds. The van der Waals surface area contributed by atoms with E-state index in [1.807, 2.05) is 13.1 Å². The van der Waals surface area contributed by atoms with Crippen LogP contribution in [0.1, 0.15) is 38.3 Å². The van der Waals surface area contributed by atoms with Crippen LogP contribution in [-0.4, -0.2) is 45.7 Å². The molecule has 1 aliphatic carbocycles. The lowest BCUT2D eigenvalue weighted by Gasteiger charge is -2.37. The zero-order chi connectivity index (χ0) is 13.5. The van der Waals surface area contributed by atoms with Crippen molar-refractivity contribution >= 4 is 5.82 Å². The molecule has 0 saturated heterocycles. The van der Waals surface area contributed by atoms with E-state index >= 15 is 0 Å². The smallest absolute Gasteiger partial charge is 0.144 e. The van der Waals surface area contributed by atoms with Crippen LogP contribution in [0.5, 0.6) is 0 Å². The summed E-state index contributed by atoms with van der Waals surface area (Å²) in [6.07, 6.45) is 8.35. The number of aliphatic hydroxyl groups is 1. The third-order valence-corrected chi connectivity index (χ3v) is 3.62. The molecule has 2 rings (SSSR count). The minimum atomic E-state index is 0.258. The summed E-state index contributed by atoms with van der Waals surface area (Å²) in [5.74, 6) is 0.830. The molecule has 1 aliphatic rings. The second-order valence-electron chi connectivity index (χ2n) is 5.06. The minimum Gasteiger partial charge on any atom is -0.396 e. The Balaban J connectivity index is 1.91. The second-order valence-corrected chi connectivity index (χ2v) is 5.06. The Kier molecular flexibility index (Phi) is 5.54. The lowest BCUT2D eigenvalue weighted by atomic mass is 9.91. The molecule has 2 N–H and O–H groups in total. The van der Waals surface area contributed by atoms with Gasteiger partial charge in [-0.05, 0) is 26.2 Å². The SMILES string of the molecule is CCNc1cnc(CN(CCCO)C2CCC2)cn1. The fourth-order valence-electron chi connectivity index (χ4n) is 2.33. The molecule has 5 heteroatoms. The molecule has 0 aliphatic heterocycles. The predicted octanol–water partition coefficient (Wildman–Crippen LogP) is 1.65. The Morgan fingerprint density at radius 1 is 1.37 bits per heavy atom. The van der Waals surface area contributed by atoms with E-state index in [-0.39, 0.29) is 6.61 Å². The summed E-state index contributed by atoms with van der Waals surface area (Å²) in [5.41, 5.74) is 1.01. The monoisotopic (exact) mass is 264 g/mol. The molecule has 0 unspecified atom stereocenters. The summed E-state index contributed by atoms with van der Waals surface area (Å²) in [4.78, 5) is 11.2. The first kappa shape index (κ1) is 14.2. The van der Waals surface area contributed by atoms with Crippen molar-refractivity contribution in [1.29, 1.82) is 0 Å². The van der Waals surface area contributed by atoms with Gasteiger partial charge in [0.05, 0.1) is 18.1 Å². The predicted molar refractivity (Wildman–Crippen MR) is 75.9 cm³/mol. The Labute approximate surface area is 115 Å². The van der Waals surface area contributed by atoms with Gasteiger partial charge in [0.1, 0.15) is 5.82 Å². The maximum atomic E-state index is 8.99. The molecule has 0 atom stereocenters. The summed E-state index contributed by atoms with van der Waals surface area (Å²) in [6.45, 7) is 4.94. The Hall–Kier alpha value is -1.20. The Morgan fingerprint density at radius 3 is 2.74 bits per heavy atom. The molecule has 1 saturated carbocycles. The summed E-state index contributed by atoms with van der Waals surface area (Å²) in [7, 11) is 0. The number of aromatic nitrogens is 2. The van der Waals surface area contributed by atoms with Crippen molar-refractivity contribution in [3.63, 3.8) is 0 Å². The Morgan fingerprint density at radius 2 is 2.21 bits per heavy atom. The molecule has 19 heavy (non-hydrogen) atoms. The van der Waals surface area contributed by atoms with Gasteiger partial charge in [-0.1, -0.05) is 6.42 Å². The van der Waals surface area contributed by atoms with Crippen LogP contribution in [0.2, 0.25) is 0 Å². The average molecular weight is 264 g/mol. The molecular formula is C14H24N4O. The summed E-state index contributed by atoms with van der Waals surface area (Å²) < 4.78 is 0. The van der Waals surface area contributed by atoms with Gasteiger partial charge in [0, 0.05) is 32.3 Å². The molecule has 1 heterocycles. The van der Waals surface area contributed by atoms with Gasteiger partial charge >= 0.3 is 0 Å². The third kappa shape index (κ3) is 4.14. The Bertz CT molecular complexity index is 364. The number of anilines is 1. The van der Waals surface area contributed by atoms with E-state index in [9.17, 15) is 0 Å². The van der Waals surface area contributed by atoms with Gasteiger partial charge in [-0.25, -0.2) is 4.98 Å². The highest BCUT2D eigenvalue weighted by molar-refractivity contribution is 5.30. The third-order valence-electron chi connectivity index (χ3n) is 3.62. The largest absolute Gasteiger partial charge is 0.396 e. The quantitative estimate of drug-likeness (QED) is 0.747. The van der Waals surface area contributed by atoms with Crippen LogP contribution in [0, 0.1) is 0 Å². The van der Waals surface area contributed by atoms with Crippen LogP contribution in [0.3, 0.4) is 0 Å². The van der Waals surface area contributed by atoms with Crippen molar-refractivity contribution < 1.29 is 5.11 Å². The molecule has 0 spiro atoms. The molecule has 1 aromatic heterocycles. The van der Waals surface area contributed by atoms with E-state index in [0.29, 0.717) is 6.04 Å². The minimum absolute atomic E-state index is 0.258. The van der Waals surface area contributed by atoms with E-state index in [1.54, 1.807) is 6.20 Å². The van der Waals surface area contributed by atoms with Crippen LogP contribution in [0.25, 0.3) is 0 Å². The highest BCUT2D eigenvalue weighted by atomic mass is 16.3. The lowest BCUT2D eigenvalue weighted by Crippen LogP contribution is -2.40. The van der Waals surface area contributed by atoms with E-state index in [1.165, 1.54) is 19.3 Å². The van der Waals surface area contributed by atoms with Crippen LogP contribution >= 0.6 is 0 Å². The molecular weight excluding hydrogens is 240 g/mol. The zero-order valence-electron chi connectivity index (χ0n) is 11.7. The molecule has 106 valence electrons. The lowest BCUT2D eigenvalue weighted by molar-refractivity contribution is 0.108. The van der Waals surface area contributed by atoms with Gasteiger partial charge in [0.15, 0.2) is 0 Å². The summed E-state index contributed by atoms with van der Waals surface area (Å²) in [6, 6.07) is 0.668. The van der Waals surface area contributed by atoms with Crippen LogP contribution in [0.15, 0.2) is 12.4 Å². The van der Waals surface area contributed by atoms with E-state index in [2.05, 4.69) is 20.2 Å². The molecule has 0 radical (unpaired) electrons. The van der Waals surface area contributed by atoms with E-state index < -0.39 is 0 Å². The van der Waals surface area contributed by atoms with Gasteiger partial charge < -0.3 is 10.4 Å². The zero-order valence-corrected chi connectivity index (χ0v) is 11.7. The first-order valence-electron chi connectivity index (χ1n) is 7.23. The number of aliphatic hydroxyl groups excluding tert-OH is 1. The number of hydrogen-bond donors (Lipinski definition) is 2. The fourth-order valence-corrected chi connectivity index (χ4v) is 2.33. The fraction of sp³-hybridized carbons (Fsp3) is 0.714. The van der Waals surface area contributed by atoms with Crippen LogP contribution in [-0.2, 0) is 6.54 Å². The standard InChI is InChI=1S/C14H24N4O/c1-2-15-14-10-16-12(9-17-14)11-18(7-4-8-19)13-5-3-6-13/h9-10,13,19H,2-8,11H2,1H3,(H,15,17). The van der Waals surface area contributed by atoms with Gasteiger partial charge in [-0.2, -0.15) is 0 Å². The molecule has 1 fully saturated rings. The van der Waals surface area contributed by atoms with Gasteiger partial charge in [0.25, 0.3) is 0 Å². The highest BCUT2D eigenvalue weighted by Crippen LogP contribution is 2.26. The van der Waals surface area contributed by atoms with Crippen molar-refractivity contribution in [2.75, 3.05) is 25.0 Å². The number of nitrogens with one attached hydrogen (secondary N) is 1. The second kappa shape index (κ2) is 7.40. The molecule has 1 aromatic rings. The van der Waals surface area contributed by atoms with Gasteiger partial charge in [-0.3, -0.25) is 9.88 Å². The normalized spacial score (nSPS) is 15.5. The molecule has 0 bridgehead atoms. The first-order chi connectivity index (χ1) is 9.33. The van der Waals surface area contributed by atoms with E-state index in [4.69, 9.17) is 5.11 Å². The maximum Gasteiger partial charge on any atom is 0.144 e. The summed E-state index contributed by atoms with van der Waals surface area (Å²) >= 11 is 0. The van der Waals surface area contributed by atoms with Gasteiger partial charge in [0.2, 0.25) is 0 Å². The molecule has 5 nitrogen and oxygen atoms in total. The van der Waals surface area contributed by atoms with Crippen LogP contribution < -0.4 is 5.32 Å². The van der Waals surface area contributed by atoms with Crippen molar-refractivity contribution in [3.05, 3.63) is 18.1 Å². The van der Waals surface area contributed by atoms with Crippen molar-refractivity contribution in [1.82, 2.24) is 14.9 Å². The van der Waals surface area contributed by atoms with Crippen molar-refractivity contribution in [2.45, 2.75) is 45.2 Å².